The Bertz CT molecular complexity index is 453. The number of rotatable bonds is 4. The smallest absolute Gasteiger partial charge is 0.253 e. The molecule has 0 aliphatic heterocycles. The van der Waals surface area contributed by atoms with Gasteiger partial charge in [-0.25, -0.2) is 0 Å². The van der Waals surface area contributed by atoms with Crippen molar-refractivity contribution in [3.8, 4) is 0 Å². The quantitative estimate of drug-likeness (QED) is 0.885. The zero-order chi connectivity index (χ0) is 13.2. The average Bonchev–Trinajstić information content (AvgIpc) is 3.15. The van der Waals surface area contributed by atoms with Gasteiger partial charge in [0.05, 0.1) is 5.56 Å². The Morgan fingerprint density at radius 2 is 2.00 bits per heavy atom. The maximum Gasteiger partial charge on any atom is 0.253 e. The lowest BCUT2D eigenvalue weighted by Crippen LogP contribution is -2.26. The molecule has 1 aromatic heterocycles. The standard InChI is InChI=1S/C16H24N2O/c1-12-15(16(19)17-14-7-8-14)9-10-18(12)11-13-5-3-2-4-6-13/h9-10,13-14H,2-8,11H2,1H3,(H,17,19). The minimum Gasteiger partial charge on any atom is -0.351 e. The first-order valence-electron chi connectivity index (χ1n) is 7.70. The molecule has 2 saturated carbocycles. The van der Waals surface area contributed by atoms with Crippen LogP contribution in [0.5, 0.6) is 0 Å². The van der Waals surface area contributed by atoms with Crippen LogP contribution in [0.2, 0.25) is 0 Å². The number of carbonyl (C=O) groups is 1. The zero-order valence-electron chi connectivity index (χ0n) is 11.8. The number of nitrogens with zero attached hydrogens (tertiary/aromatic N) is 1. The maximum absolute atomic E-state index is 12.1. The fraction of sp³-hybridized carbons (Fsp3) is 0.688. The Kier molecular flexibility index (Phi) is 3.63. The van der Waals surface area contributed by atoms with Crippen LogP contribution in [0.15, 0.2) is 12.3 Å². The van der Waals surface area contributed by atoms with E-state index in [1.165, 1.54) is 32.1 Å². The number of nitrogens with one attached hydrogen (secondary N) is 1. The second-order valence-electron chi connectivity index (χ2n) is 6.22. The van der Waals surface area contributed by atoms with Crippen LogP contribution in [0, 0.1) is 12.8 Å². The molecule has 1 amide bonds. The first-order valence-corrected chi connectivity index (χ1v) is 7.70. The highest BCUT2D eigenvalue weighted by atomic mass is 16.1. The molecule has 0 bridgehead atoms. The van der Waals surface area contributed by atoms with Gasteiger partial charge in [-0.2, -0.15) is 0 Å². The molecule has 3 nitrogen and oxygen atoms in total. The summed E-state index contributed by atoms with van der Waals surface area (Å²) >= 11 is 0. The van der Waals surface area contributed by atoms with Gasteiger partial charge in [0.15, 0.2) is 0 Å². The number of carbonyl (C=O) groups excluding carboxylic acids is 1. The highest BCUT2D eigenvalue weighted by Gasteiger charge is 2.25. The molecule has 0 unspecified atom stereocenters. The normalized spacial score (nSPS) is 20.5. The van der Waals surface area contributed by atoms with E-state index >= 15 is 0 Å². The largest absolute Gasteiger partial charge is 0.351 e. The molecule has 104 valence electrons. The summed E-state index contributed by atoms with van der Waals surface area (Å²) < 4.78 is 2.28. The van der Waals surface area contributed by atoms with Gasteiger partial charge in [0.2, 0.25) is 0 Å². The Balaban J connectivity index is 1.65. The summed E-state index contributed by atoms with van der Waals surface area (Å²) in [4.78, 5) is 12.1. The van der Waals surface area contributed by atoms with Crippen molar-refractivity contribution in [1.82, 2.24) is 9.88 Å². The van der Waals surface area contributed by atoms with Crippen LogP contribution in [0.25, 0.3) is 0 Å². The van der Waals surface area contributed by atoms with Crippen molar-refractivity contribution >= 4 is 5.91 Å². The number of aromatic nitrogens is 1. The molecule has 2 fully saturated rings. The summed E-state index contributed by atoms with van der Waals surface area (Å²) in [5, 5.41) is 3.08. The van der Waals surface area contributed by atoms with Crippen molar-refractivity contribution in [1.29, 1.82) is 0 Å². The van der Waals surface area contributed by atoms with E-state index in [2.05, 4.69) is 23.0 Å². The third-order valence-electron chi connectivity index (χ3n) is 4.58. The lowest BCUT2D eigenvalue weighted by atomic mass is 9.89. The van der Waals surface area contributed by atoms with E-state index in [0.717, 1.165) is 36.6 Å². The first-order chi connectivity index (χ1) is 9.24. The SMILES string of the molecule is Cc1c(C(=O)NC2CC2)ccn1CC1CCCCC1. The van der Waals surface area contributed by atoms with Gasteiger partial charge in [0.1, 0.15) is 0 Å². The first kappa shape index (κ1) is 12.8. The molecule has 1 aromatic rings. The van der Waals surface area contributed by atoms with Crippen molar-refractivity contribution in [2.24, 2.45) is 5.92 Å². The lowest BCUT2D eigenvalue weighted by Gasteiger charge is -2.22. The fourth-order valence-electron chi connectivity index (χ4n) is 3.13. The van der Waals surface area contributed by atoms with Gasteiger partial charge in [-0.3, -0.25) is 4.79 Å². The predicted molar refractivity (Wildman–Crippen MR) is 76.2 cm³/mol. The van der Waals surface area contributed by atoms with Gasteiger partial charge in [-0.1, -0.05) is 19.3 Å². The molecule has 3 rings (SSSR count). The predicted octanol–water partition coefficient (Wildman–Crippen LogP) is 3.27. The van der Waals surface area contributed by atoms with Gasteiger partial charge in [0, 0.05) is 24.5 Å². The minimum absolute atomic E-state index is 0.113. The molecule has 0 aromatic carbocycles. The third-order valence-corrected chi connectivity index (χ3v) is 4.58. The van der Waals surface area contributed by atoms with E-state index in [1.807, 2.05) is 6.07 Å². The fourth-order valence-corrected chi connectivity index (χ4v) is 3.13. The summed E-state index contributed by atoms with van der Waals surface area (Å²) in [6.45, 7) is 3.16. The van der Waals surface area contributed by atoms with Crippen LogP contribution in [-0.2, 0) is 6.54 Å². The van der Waals surface area contributed by atoms with Gasteiger partial charge in [-0.05, 0) is 44.6 Å². The zero-order valence-corrected chi connectivity index (χ0v) is 11.8. The molecule has 0 atom stereocenters. The Hall–Kier alpha value is -1.25. The van der Waals surface area contributed by atoms with Crippen LogP contribution >= 0.6 is 0 Å². The van der Waals surface area contributed by atoms with Gasteiger partial charge in [0.25, 0.3) is 5.91 Å². The van der Waals surface area contributed by atoms with Crippen molar-refractivity contribution < 1.29 is 4.79 Å². The summed E-state index contributed by atoms with van der Waals surface area (Å²) in [5.41, 5.74) is 1.99. The summed E-state index contributed by atoms with van der Waals surface area (Å²) in [7, 11) is 0. The molecule has 1 N–H and O–H groups in total. The van der Waals surface area contributed by atoms with Crippen LogP contribution in [0.3, 0.4) is 0 Å². The molecule has 1 heterocycles. The molecular weight excluding hydrogens is 236 g/mol. The molecule has 2 aliphatic carbocycles. The highest BCUT2D eigenvalue weighted by molar-refractivity contribution is 5.95. The summed E-state index contributed by atoms with van der Waals surface area (Å²) in [5.74, 6) is 0.918. The molecule has 0 spiro atoms. The molecular formula is C16H24N2O. The van der Waals surface area contributed by atoms with E-state index in [9.17, 15) is 4.79 Å². The van der Waals surface area contributed by atoms with Crippen molar-refractivity contribution in [2.45, 2.75) is 64.5 Å². The molecule has 2 aliphatic rings. The van der Waals surface area contributed by atoms with Crippen molar-refractivity contribution in [3.63, 3.8) is 0 Å². The molecule has 19 heavy (non-hydrogen) atoms. The second-order valence-corrected chi connectivity index (χ2v) is 6.22. The highest BCUT2D eigenvalue weighted by Crippen LogP contribution is 2.26. The van der Waals surface area contributed by atoms with Crippen molar-refractivity contribution in [3.05, 3.63) is 23.5 Å². The van der Waals surface area contributed by atoms with Gasteiger partial charge < -0.3 is 9.88 Å². The summed E-state index contributed by atoms with van der Waals surface area (Å²) in [6, 6.07) is 2.42. The average molecular weight is 260 g/mol. The van der Waals surface area contributed by atoms with Crippen LogP contribution in [0.4, 0.5) is 0 Å². The second kappa shape index (κ2) is 5.40. The van der Waals surface area contributed by atoms with Crippen LogP contribution in [0.1, 0.15) is 61.0 Å². The molecule has 0 radical (unpaired) electrons. The van der Waals surface area contributed by atoms with Crippen LogP contribution in [-0.4, -0.2) is 16.5 Å². The molecule has 0 saturated heterocycles. The maximum atomic E-state index is 12.1. The van der Waals surface area contributed by atoms with E-state index in [0.29, 0.717) is 6.04 Å². The van der Waals surface area contributed by atoms with E-state index < -0.39 is 0 Å². The monoisotopic (exact) mass is 260 g/mol. The Labute approximate surface area is 115 Å². The minimum atomic E-state index is 0.113. The van der Waals surface area contributed by atoms with Crippen LogP contribution < -0.4 is 5.32 Å². The number of hydrogen-bond donors (Lipinski definition) is 1. The van der Waals surface area contributed by atoms with E-state index in [1.54, 1.807) is 0 Å². The topological polar surface area (TPSA) is 34.0 Å². The Morgan fingerprint density at radius 1 is 1.26 bits per heavy atom. The van der Waals surface area contributed by atoms with E-state index in [4.69, 9.17) is 0 Å². The van der Waals surface area contributed by atoms with Gasteiger partial charge >= 0.3 is 0 Å². The lowest BCUT2D eigenvalue weighted by molar-refractivity contribution is 0.0950. The molecule has 3 heteroatoms. The Morgan fingerprint density at radius 3 is 2.68 bits per heavy atom. The van der Waals surface area contributed by atoms with E-state index in [-0.39, 0.29) is 5.91 Å². The van der Waals surface area contributed by atoms with Crippen molar-refractivity contribution in [2.75, 3.05) is 0 Å². The third kappa shape index (κ3) is 3.02. The summed E-state index contributed by atoms with van der Waals surface area (Å²) in [6.07, 6.45) is 11.2. The number of amides is 1. The van der Waals surface area contributed by atoms with Gasteiger partial charge in [-0.15, -0.1) is 0 Å². The number of hydrogen-bond acceptors (Lipinski definition) is 1.